The van der Waals surface area contributed by atoms with Crippen LogP contribution in [-0.4, -0.2) is 39.3 Å². The van der Waals surface area contributed by atoms with Gasteiger partial charge in [0.15, 0.2) is 0 Å². The van der Waals surface area contributed by atoms with E-state index in [9.17, 15) is 13.2 Å². The molecular weight excluding hydrogens is 416 g/mol. The first kappa shape index (κ1) is 20.6. The van der Waals surface area contributed by atoms with Crippen molar-refractivity contribution in [1.29, 1.82) is 0 Å². The summed E-state index contributed by atoms with van der Waals surface area (Å²) < 4.78 is 27.5. The van der Waals surface area contributed by atoms with Crippen LogP contribution in [0.4, 0.5) is 5.69 Å². The van der Waals surface area contributed by atoms with Crippen molar-refractivity contribution < 1.29 is 13.2 Å². The summed E-state index contributed by atoms with van der Waals surface area (Å²) in [5, 5.41) is 0. The van der Waals surface area contributed by atoms with Gasteiger partial charge in [-0.05, 0) is 67.8 Å². The fourth-order valence-corrected chi connectivity index (χ4v) is 4.25. The predicted molar refractivity (Wildman–Crippen MR) is 108 cm³/mol. The Balaban J connectivity index is 2.20. The van der Waals surface area contributed by atoms with E-state index in [-0.39, 0.29) is 17.3 Å². The van der Waals surface area contributed by atoms with Crippen LogP contribution in [0.1, 0.15) is 16.7 Å². The molecule has 2 aromatic rings. The summed E-state index contributed by atoms with van der Waals surface area (Å²) in [6.45, 7) is 5.46. The second kappa shape index (κ2) is 7.90. The number of sulfonamides is 1. The molecule has 7 heteroatoms. The molecule has 0 bridgehead atoms. The van der Waals surface area contributed by atoms with E-state index in [1.54, 1.807) is 25.2 Å². The van der Waals surface area contributed by atoms with E-state index in [1.165, 1.54) is 11.9 Å². The van der Waals surface area contributed by atoms with Gasteiger partial charge in [-0.25, -0.2) is 8.42 Å². The van der Waals surface area contributed by atoms with Crippen molar-refractivity contribution in [3.05, 3.63) is 57.6 Å². The number of anilines is 1. The number of hydrogen-bond donors (Lipinski definition) is 0. The maximum absolute atomic E-state index is 12.8. The number of halogens is 1. The van der Waals surface area contributed by atoms with Crippen LogP contribution in [0.15, 0.2) is 45.8 Å². The summed E-state index contributed by atoms with van der Waals surface area (Å²) in [4.78, 5) is 14.3. The highest BCUT2D eigenvalue weighted by molar-refractivity contribution is 9.10. The van der Waals surface area contributed by atoms with Crippen LogP contribution in [0.3, 0.4) is 0 Å². The van der Waals surface area contributed by atoms with E-state index in [1.807, 2.05) is 39.0 Å². The molecule has 0 saturated carbocycles. The van der Waals surface area contributed by atoms with Crippen LogP contribution in [0.5, 0.6) is 0 Å². The molecule has 0 aliphatic carbocycles. The molecule has 0 aliphatic heterocycles. The van der Waals surface area contributed by atoms with Crippen LogP contribution < -0.4 is 4.90 Å². The molecule has 0 aliphatic rings. The smallest absolute Gasteiger partial charge is 0.243 e. The predicted octanol–water partition coefficient (Wildman–Crippen LogP) is 3.66. The molecule has 0 N–H and O–H groups in total. The summed E-state index contributed by atoms with van der Waals surface area (Å²) in [6.07, 6.45) is 0. The summed E-state index contributed by atoms with van der Waals surface area (Å²) in [7, 11) is -0.658. The lowest BCUT2D eigenvalue weighted by Crippen LogP contribution is -2.39. The van der Waals surface area contributed by atoms with Crippen molar-refractivity contribution in [2.75, 3.05) is 25.5 Å². The number of likely N-dealkylation sites (N-methyl/N-ethyl adjacent to an activating group) is 2. The zero-order valence-electron chi connectivity index (χ0n) is 15.6. The molecule has 0 spiro atoms. The van der Waals surface area contributed by atoms with Gasteiger partial charge in [-0.3, -0.25) is 4.79 Å². The van der Waals surface area contributed by atoms with Crippen LogP contribution in [-0.2, 0) is 14.8 Å². The fourth-order valence-electron chi connectivity index (χ4n) is 2.57. The van der Waals surface area contributed by atoms with Gasteiger partial charge in [0.25, 0.3) is 0 Å². The topological polar surface area (TPSA) is 57.7 Å². The lowest BCUT2D eigenvalue weighted by atomic mass is 10.1. The fraction of sp³-hybridized carbons (Fsp3) is 0.316. The van der Waals surface area contributed by atoms with E-state index in [4.69, 9.17) is 0 Å². The third-order valence-electron chi connectivity index (χ3n) is 4.44. The van der Waals surface area contributed by atoms with Crippen molar-refractivity contribution >= 4 is 37.5 Å². The Kier molecular flexibility index (Phi) is 6.26. The van der Waals surface area contributed by atoms with Crippen molar-refractivity contribution in [3.8, 4) is 0 Å². The van der Waals surface area contributed by atoms with Gasteiger partial charge in [0.1, 0.15) is 0 Å². The zero-order valence-corrected chi connectivity index (χ0v) is 18.0. The Morgan fingerprint density at radius 1 is 0.962 bits per heavy atom. The van der Waals surface area contributed by atoms with E-state index < -0.39 is 10.0 Å². The molecule has 1 amide bonds. The Bertz CT molecular complexity index is 942. The minimum absolute atomic E-state index is 0.193. The average Bonchev–Trinajstić information content (AvgIpc) is 2.56. The van der Waals surface area contributed by atoms with Crippen molar-refractivity contribution in [2.45, 2.75) is 25.7 Å². The number of carbonyl (C=O) groups is 1. The molecule has 5 nitrogen and oxygen atoms in total. The third-order valence-corrected chi connectivity index (χ3v) is 6.73. The molecule has 0 saturated heterocycles. The first-order valence-corrected chi connectivity index (χ1v) is 10.3. The minimum atomic E-state index is -3.73. The average molecular weight is 439 g/mol. The SMILES string of the molecule is Cc1ccc(S(=O)(=O)N(C)CC(=O)N(C)c2ccc(Br)cc2C)cc1C. The lowest BCUT2D eigenvalue weighted by molar-refractivity contribution is -0.118. The van der Waals surface area contributed by atoms with Crippen LogP contribution in [0.25, 0.3) is 0 Å². The van der Waals surface area contributed by atoms with E-state index in [2.05, 4.69) is 15.9 Å². The summed E-state index contributed by atoms with van der Waals surface area (Å²) in [5.41, 5.74) is 3.59. The Labute approximate surface area is 163 Å². The molecule has 0 fully saturated rings. The number of benzene rings is 2. The number of nitrogens with zero attached hydrogens (tertiary/aromatic N) is 2. The van der Waals surface area contributed by atoms with E-state index in [0.717, 1.165) is 31.2 Å². The Morgan fingerprint density at radius 2 is 1.62 bits per heavy atom. The number of carbonyl (C=O) groups excluding carboxylic acids is 1. The highest BCUT2D eigenvalue weighted by atomic mass is 79.9. The van der Waals surface area contributed by atoms with Crippen molar-refractivity contribution in [2.24, 2.45) is 0 Å². The van der Waals surface area contributed by atoms with Crippen LogP contribution >= 0.6 is 15.9 Å². The van der Waals surface area contributed by atoms with Gasteiger partial charge in [0, 0.05) is 24.3 Å². The largest absolute Gasteiger partial charge is 0.314 e. The van der Waals surface area contributed by atoms with Crippen molar-refractivity contribution in [3.63, 3.8) is 0 Å². The molecule has 0 aromatic heterocycles. The molecule has 0 unspecified atom stereocenters. The molecule has 2 rings (SSSR count). The maximum atomic E-state index is 12.8. The Hall–Kier alpha value is -1.70. The molecule has 26 heavy (non-hydrogen) atoms. The highest BCUT2D eigenvalue weighted by Gasteiger charge is 2.25. The number of amides is 1. The zero-order chi connectivity index (χ0) is 19.6. The van der Waals surface area contributed by atoms with Gasteiger partial charge in [0.05, 0.1) is 11.4 Å². The first-order valence-electron chi connectivity index (χ1n) is 8.10. The highest BCUT2D eigenvalue weighted by Crippen LogP contribution is 2.24. The standard InChI is InChI=1S/C19H23BrN2O3S/c1-13-6-8-17(11-14(13)2)26(24,25)21(4)12-19(23)22(5)18-9-7-16(20)10-15(18)3/h6-11H,12H2,1-5H3. The number of aryl methyl sites for hydroxylation is 3. The van der Waals surface area contributed by atoms with Gasteiger partial charge < -0.3 is 4.90 Å². The van der Waals surface area contributed by atoms with Crippen LogP contribution in [0.2, 0.25) is 0 Å². The molecule has 0 atom stereocenters. The van der Waals surface area contributed by atoms with Gasteiger partial charge >= 0.3 is 0 Å². The van der Waals surface area contributed by atoms with Gasteiger partial charge in [-0.1, -0.05) is 22.0 Å². The monoisotopic (exact) mass is 438 g/mol. The molecule has 140 valence electrons. The normalized spacial score (nSPS) is 11.7. The quantitative estimate of drug-likeness (QED) is 0.715. The second-order valence-corrected chi connectivity index (χ2v) is 9.35. The molecular formula is C19H23BrN2O3S. The van der Waals surface area contributed by atoms with Gasteiger partial charge in [-0.15, -0.1) is 0 Å². The van der Waals surface area contributed by atoms with Crippen LogP contribution in [0, 0.1) is 20.8 Å². The van der Waals surface area contributed by atoms with Gasteiger partial charge in [0.2, 0.25) is 15.9 Å². The second-order valence-electron chi connectivity index (χ2n) is 6.39. The Morgan fingerprint density at radius 3 is 2.19 bits per heavy atom. The summed E-state index contributed by atoms with van der Waals surface area (Å²) in [6, 6.07) is 10.6. The molecule has 0 radical (unpaired) electrons. The van der Waals surface area contributed by atoms with Crippen molar-refractivity contribution in [1.82, 2.24) is 4.31 Å². The summed E-state index contributed by atoms with van der Waals surface area (Å²) >= 11 is 3.39. The number of rotatable bonds is 5. The van der Waals surface area contributed by atoms with E-state index in [0.29, 0.717) is 0 Å². The first-order chi connectivity index (χ1) is 12.0. The third kappa shape index (κ3) is 4.34. The lowest BCUT2D eigenvalue weighted by Gasteiger charge is -2.23. The maximum Gasteiger partial charge on any atom is 0.243 e. The van der Waals surface area contributed by atoms with Gasteiger partial charge in [-0.2, -0.15) is 4.31 Å². The minimum Gasteiger partial charge on any atom is -0.314 e. The molecule has 0 heterocycles. The number of hydrogen-bond acceptors (Lipinski definition) is 3. The van der Waals surface area contributed by atoms with E-state index >= 15 is 0 Å². The molecule has 2 aromatic carbocycles. The summed E-state index contributed by atoms with van der Waals surface area (Å²) in [5.74, 6) is -0.301.